The number of ether oxygens (including phenoxy) is 1. The van der Waals surface area contributed by atoms with Crippen LogP contribution < -0.4 is 9.64 Å². The van der Waals surface area contributed by atoms with Crippen molar-refractivity contribution in [3.05, 3.63) is 48.2 Å². The fraction of sp³-hybridized carbons (Fsp3) is 0.222. The second-order valence-corrected chi connectivity index (χ2v) is 6.06. The van der Waals surface area contributed by atoms with Crippen molar-refractivity contribution < 1.29 is 31.5 Å². The van der Waals surface area contributed by atoms with E-state index in [2.05, 4.69) is 19.7 Å². The zero-order valence-electron chi connectivity index (χ0n) is 15.6. The summed E-state index contributed by atoms with van der Waals surface area (Å²) in [5.41, 5.74) is -0.0802. The van der Waals surface area contributed by atoms with Gasteiger partial charge in [-0.05, 0) is 31.2 Å². The number of halogens is 5. The summed E-state index contributed by atoms with van der Waals surface area (Å²) >= 11 is 0. The molecule has 0 spiro atoms. The average molecular weight is 427 g/mol. The van der Waals surface area contributed by atoms with Crippen molar-refractivity contribution in [2.45, 2.75) is 19.7 Å². The predicted molar refractivity (Wildman–Crippen MR) is 95.3 cm³/mol. The minimum Gasteiger partial charge on any atom is -0.433 e. The molecule has 0 unspecified atom stereocenters. The van der Waals surface area contributed by atoms with E-state index < -0.39 is 18.5 Å². The monoisotopic (exact) mass is 427 g/mol. The number of carbonyl (C=O) groups excluding carboxylic acids is 1. The molecule has 0 N–H and O–H groups in total. The highest BCUT2D eigenvalue weighted by atomic mass is 19.4. The van der Waals surface area contributed by atoms with Crippen molar-refractivity contribution >= 4 is 18.0 Å². The van der Waals surface area contributed by atoms with Gasteiger partial charge in [0.15, 0.2) is 5.82 Å². The number of carbonyl (C=O) groups is 1. The van der Waals surface area contributed by atoms with E-state index in [0.717, 1.165) is 29.3 Å². The maximum atomic E-state index is 13.3. The normalized spacial score (nSPS) is 11.6. The molecule has 12 heteroatoms. The highest BCUT2D eigenvalue weighted by Crippen LogP contribution is 2.37. The lowest BCUT2D eigenvalue weighted by Gasteiger charge is -2.21. The van der Waals surface area contributed by atoms with Gasteiger partial charge in [-0.1, -0.05) is 0 Å². The Labute approximate surface area is 166 Å². The summed E-state index contributed by atoms with van der Waals surface area (Å²) in [5, 5.41) is 0. The Morgan fingerprint density at radius 3 is 2.40 bits per heavy atom. The Bertz CT molecular complexity index is 1030. The first-order valence-corrected chi connectivity index (χ1v) is 8.33. The molecular weight excluding hydrogens is 413 g/mol. The van der Waals surface area contributed by atoms with Gasteiger partial charge in [-0.15, -0.1) is 0 Å². The third-order valence-corrected chi connectivity index (χ3v) is 4.07. The van der Waals surface area contributed by atoms with Crippen LogP contribution in [-0.4, -0.2) is 32.5 Å². The highest BCUT2D eigenvalue weighted by Gasteiger charge is 2.34. The highest BCUT2D eigenvalue weighted by molar-refractivity contribution is 5.90. The van der Waals surface area contributed by atoms with Crippen LogP contribution in [0, 0.1) is 6.92 Å². The Hall–Kier alpha value is -3.57. The zero-order chi connectivity index (χ0) is 22.1. The van der Waals surface area contributed by atoms with Crippen LogP contribution >= 0.6 is 0 Å². The Balaban J connectivity index is 2.16. The second kappa shape index (κ2) is 8.05. The zero-order valence-corrected chi connectivity index (χ0v) is 15.6. The Morgan fingerprint density at radius 1 is 1.17 bits per heavy atom. The standard InChI is InChI=1S/C18H14F5N5O2/c1-10-15(27(2)8-25-10)12-4-5-13(18(21,22)23)26-16(12)28(9-29)14-6-3-11(7-24-14)30-17(19)20/h3-9,17H,1-2H3. The molecule has 0 aliphatic heterocycles. The van der Waals surface area contributed by atoms with E-state index >= 15 is 0 Å². The number of aryl methyl sites for hydroxylation is 2. The van der Waals surface area contributed by atoms with Gasteiger partial charge in [0.05, 0.1) is 23.9 Å². The summed E-state index contributed by atoms with van der Waals surface area (Å²) in [5.74, 6) is -0.764. The lowest BCUT2D eigenvalue weighted by molar-refractivity contribution is -0.141. The molecule has 0 radical (unpaired) electrons. The first kappa shape index (κ1) is 21.1. The molecule has 3 aromatic rings. The van der Waals surface area contributed by atoms with E-state index in [0.29, 0.717) is 11.4 Å². The van der Waals surface area contributed by atoms with Crippen molar-refractivity contribution in [2.24, 2.45) is 7.05 Å². The van der Waals surface area contributed by atoms with Crippen LogP contribution in [0.3, 0.4) is 0 Å². The molecule has 7 nitrogen and oxygen atoms in total. The average Bonchev–Trinajstić information content (AvgIpc) is 3.01. The van der Waals surface area contributed by atoms with Gasteiger partial charge in [-0.25, -0.2) is 15.0 Å². The van der Waals surface area contributed by atoms with Gasteiger partial charge in [-0.2, -0.15) is 22.0 Å². The molecule has 3 aromatic heterocycles. The molecule has 158 valence electrons. The number of imidazole rings is 1. The van der Waals surface area contributed by atoms with Gasteiger partial charge >= 0.3 is 12.8 Å². The topological polar surface area (TPSA) is 73.1 Å². The molecular formula is C18H14F5N5O2. The van der Waals surface area contributed by atoms with Crippen LogP contribution in [0.2, 0.25) is 0 Å². The van der Waals surface area contributed by atoms with E-state index in [4.69, 9.17) is 0 Å². The third-order valence-electron chi connectivity index (χ3n) is 4.07. The van der Waals surface area contributed by atoms with Crippen LogP contribution in [0.15, 0.2) is 36.8 Å². The number of aromatic nitrogens is 4. The van der Waals surface area contributed by atoms with Crippen molar-refractivity contribution in [1.82, 2.24) is 19.5 Å². The maximum absolute atomic E-state index is 13.3. The van der Waals surface area contributed by atoms with Gasteiger partial charge < -0.3 is 9.30 Å². The number of alkyl halides is 5. The summed E-state index contributed by atoms with van der Waals surface area (Å²) in [7, 11) is 1.64. The Kier molecular flexibility index (Phi) is 5.67. The fourth-order valence-electron chi connectivity index (χ4n) is 2.81. The lowest BCUT2D eigenvalue weighted by atomic mass is 10.1. The molecule has 0 saturated carbocycles. The van der Waals surface area contributed by atoms with E-state index in [1.807, 2.05) is 0 Å². The predicted octanol–water partition coefficient (Wildman–Crippen LogP) is 4.10. The minimum absolute atomic E-state index is 0.139. The summed E-state index contributed by atoms with van der Waals surface area (Å²) in [6.45, 7) is -1.43. The molecule has 30 heavy (non-hydrogen) atoms. The quantitative estimate of drug-likeness (QED) is 0.438. The van der Waals surface area contributed by atoms with Crippen molar-refractivity contribution in [2.75, 3.05) is 4.90 Å². The molecule has 0 fully saturated rings. The van der Waals surface area contributed by atoms with Crippen LogP contribution in [0.5, 0.6) is 5.75 Å². The maximum Gasteiger partial charge on any atom is 0.433 e. The van der Waals surface area contributed by atoms with E-state index in [9.17, 15) is 26.7 Å². The van der Waals surface area contributed by atoms with E-state index in [1.54, 1.807) is 18.5 Å². The summed E-state index contributed by atoms with van der Waals surface area (Å²) in [6, 6.07) is 4.22. The number of hydrogen-bond donors (Lipinski definition) is 0. The second-order valence-electron chi connectivity index (χ2n) is 6.06. The first-order valence-electron chi connectivity index (χ1n) is 8.33. The van der Waals surface area contributed by atoms with E-state index in [1.165, 1.54) is 12.4 Å². The van der Waals surface area contributed by atoms with E-state index in [-0.39, 0.29) is 29.4 Å². The number of amides is 1. The molecule has 0 aliphatic rings. The first-order chi connectivity index (χ1) is 14.1. The van der Waals surface area contributed by atoms with Gasteiger partial charge in [0.1, 0.15) is 17.3 Å². The molecule has 0 atom stereocenters. The van der Waals surface area contributed by atoms with Crippen LogP contribution in [0.1, 0.15) is 11.4 Å². The van der Waals surface area contributed by atoms with Gasteiger partial charge in [0.2, 0.25) is 6.41 Å². The van der Waals surface area contributed by atoms with Crippen LogP contribution in [0.4, 0.5) is 33.6 Å². The van der Waals surface area contributed by atoms with Crippen molar-refractivity contribution in [3.8, 4) is 17.0 Å². The lowest BCUT2D eigenvalue weighted by Crippen LogP contribution is -2.20. The minimum atomic E-state index is -4.76. The summed E-state index contributed by atoms with van der Waals surface area (Å²) in [4.78, 5) is 24.2. The van der Waals surface area contributed by atoms with Gasteiger partial charge in [0.25, 0.3) is 0 Å². The smallest absolute Gasteiger partial charge is 0.433 e. The fourth-order valence-corrected chi connectivity index (χ4v) is 2.81. The molecule has 3 rings (SSSR count). The number of rotatable bonds is 6. The number of hydrogen-bond acceptors (Lipinski definition) is 5. The molecule has 0 aliphatic carbocycles. The van der Waals surface area contributed by atoms with Gasteiger partial charge in [0, 0.05) is 12.6 Å². The molecule has 1 amide bonds. The third kappa shape index (κ3) is 4.21. The largest absolute Gasteiger partial charge is 0.433 e. The molecule has 0 saturated heterocycles. The van der Waals surface area contributed by atoms with Crippen LogP contribution in [-0.2, 0) is 18.0 Å². The number of anilines is 2. The molecule has 3 heterocycles. The molecule has 0 aromatic carbocycles. The summed E-state index contributed by atoms with van der Waals surface area (Å²) in [6.07, 6.45) is -2.15. The van der Waals surface area contributed by atoms with Crippen molar-refractivity contribution in [3.63, 3.8) is 0 Å². The summed E-state index contributed by atoms with van der Waals surface area (Å²) < 4.78 is 70.1. The number of pyridine rings is 2. The Morgan fingerprint density at radius 2 is 1.90 bits per heavy atom. The SMILES string of the molecule is Cc1ncn(C)c1-c1ccc(C(F)(F)F)nc1N(C=O)c1ccc(OC(F)F)cn1. The number of nitrogens with zero attached hydrogens (tertiary/aromatic N) is 5. The van der Waals surface area contributed by atoms with Gasteiger partial charge in [-0.3, -0.25) is 9.69 Å². The van der Waals surface area contributed by atoms with Crippen molar-refractivity contribution in [1.29, 1.82) is 0 Å². The molecule has 0 bridgehead atoms. The van der Waals surface area contributed by atoms with Crippen LogP contribution in [0.25, 0.3) is 11.3 Å².